The van der Waals surface area contributed by atoms with Crippen LogP contribution in [0, 0.1) is 5.82 Å². The Morgan fingerprint density at radius 2 is 2.23 bits per heavy atom. The smallest absolute Gasteiger partial charge is 0.204 e. The summed E-state index contributed by atoms with van der Waals surface area (Å²) >= 11 is 5.50. The number of aromatic nitrogens is 4. The van der Waals surface area contributed by atoms with Crippen LogP contribution >= 0.6 is 11.6 Å². The molecule has 0 aliphatic rings. The summed E-state index contributed by atoms with van der Waals surface area (Å²) < 4.78 is 13.0. The van der Waals surface area contributed by atoms with E-state index in [4.69, 9.17) is 11.6 Å². The summed E-state index contributed by atoms with van der Waals surface area (Å²) in [6.07, 6.45) is 0. The van der Waals surface area contributed by atoms with E-state index in [1.165, 1.54) is 12.1 Å². The Kier molecular flexibility index (Phi) is 1.94. The van der Waals surface area contributed by atoms with Gasteiger partial charge >= 0.3 is 0 Å². The molecule has 0 aliphatic carbocycles. The van der Waals surface area contributed by atoms with Gasteiger partial charge in [-0.15, -0.1) is 10.2 Å². The summed E-state index contributed by atoms with van der Waals surface area (Å²) in [5.74, 6) is -0.153. The molecule has 0 fully saturated rings. The second kappa shape index (κ2) is 3.10. The minimum Gasteiger partial charge on any atom is -0.205 e. The van der Waals surface area contributed by atoms with Crippen LogP contribution in [-0.2, 0) is 0 Å². The van der Waals surface area contributed by atoms with E-state index >= 15 is 0 Å². The molecule has 0 amide bonds. The van der Waals surface area contributed by atoms with Crippen molar-refractivity contribution in [2.75, 3.05) is 0 Å². The summed E-state index contributed by atoms with van der Waals surface area (Å²) in [6, 6.07) is 4.33. The van der Waals surface area contributed by atoms with Gasteiger partial charge in [-0.1, -0.05) is 11.6 Å². The molecule has 4 nitrogen and oxygen atoms in total. The van der Waals surface area contributed by atoms with Crippen molar-refractivity contribution in [3.63, 3.8) is 0 Å². The lowest BCUT2D eigenvalue weighted by molar-refractivity contribution is 0.628. The minimum absolute atomic E-state index is 0.0762. The van der Waals surface area contributed by atoms with Gasteiger partial charge in [0.2, 0.25) is 5.82 Å². The predicted molar refractivity (Wildman–Crippen MR) is 44.6 cm³/mol. The normalized spacial score (nSPS) is 10.3. The van der Waals surface area contributed by atoms with Crippen LogP contribution in [0.1, 0.15) is 0 Å². The van der Waals surface area contributed by atoms with Gasteiger partial charge in [0.05, 0.1) is 5.02 Å². The van der Waals surface area contributed by atoms with Crippen LogP contribution in [0.3, 0.4) is 0 Å². The Morgan fingerprint density at radius 1 is 1.38 bits per heavy atom. The number of H-pyrrole nitrogens is 1. The molecule has 0 saturated carbocycles. The molecular formula is C7H4ClFN4. The van der Waals surface area contributed by atoms with E-state index in [1.54, 1.807) is 6.07 Å². The van der Waals surface area contributed by atoms with Gasteiger partial charge in [0, 0.05) is 5.56 Å². The Bertz CT molecular complexity index is 414. The molecule has 1 heterocycles. The van der Waals surface area contributed by atoms with Gasteiger partial charge < -0.3 is 0 Å². The van der Waals surface area contributed by atoms with E-state index in [2.05, 4.69) is 20.6 Å². The molecule has 0 aliphatic heterocycles. The second-order valence-electron chi connectivity index (χ2n) is 2.36. The zero-order chi connectivity index (χ0) is 9.26. The van der Waals surface area contributed by atoms with E-state index in [1.807, 2.05) is 0 Å². The van der Waals surface area contributed by atoms with Crippen molar-refractivity contribution in [3.05, 3.63) is 29.0 Å². The quantitative estimate of drug-likeness (QED) is 0.758. The van der Waals surface area contributed by atoms with E-state index in [9.17, 15) is 4.39 Å². The highest BCUT2D eigenvalue weighted by molar-refractivity contribution is 6.30. The molecule has 0 spiro atoms. The summed E-state index contributed by atoms with van der Waals surface area (Å²) in [6.45, 7) is 0. The van der Waals surface area contributed by atoms with E-state index in [0.717, 1.165) is 0 Å². The fourth-order valence-electron chi connectivity index (χ4n) is 0.919. The molecule has 66 valence electrons. The van der Waals surface area contributed by atoms with Gasteiger partial charge in [-0.05, 0) is 23.4 Å². The zero-order valence-electron chi connectivity index (χ0n) is 6.33. The van der Waals surface area contributed by atoms with Crippen LogP contribution in [-0.4, -0.2) is 20.6 Å². The number of aromatic amines is 1. The van der Waals surface area contributed by atoms with Gasteiger partial charge in [-0.25, -0.2) is 4.39 Å². The molecule has 1 aromatic heterocycles. The first-order chi connectivity index (χ1) is 6.27. The van der Waals surface area contributed by atoms with Crippen molar-refractivity contribution in [2.24, 2.45) is 0 Å². The molecule has 1 N–H and O–H groups in total. The van der Waals surface area contributed by atoms with Crippen LogP contribution < -0.4 is 0 Å². The SMILES string of the molecule is Fc1cc(-c2nn[nH]n2)ccc1Cl. The third-order valence-electron chi connectivity index (χ3n) is 1.52. The fourth-order valence-corrected chi connectivity index (χ4v) is 1.04. The first kappa shape index (κ1) is 8.12. The van der Waals surface area contributed by atoms with E-state index < -0.39 is 5.82 Å². The maximum absolute atomic E-state index is 13.0. The van der Waals surface area contributed by atoms with E-state index in [-0.39, 0.29) is 5.02 Å². The molecular weight excluding hydrogens is 195 g/mol. The highest BCUT2D eigenvalue weighted by Gasteiger charge is 2.05. The predicted octanol–water partition coefficient (Wildman–Crippen LogP) is 1.66. The second-order valence-corrected chi connectivity index (χ2v) is 2.77. The Balaban J connectivity index is 2.49. The van der Waals surface area contributed by atoms with Gasteiger partial charge in [-0.2, -0.15) is 5.21 Å². The lowest BCUT2D eigenvalue weighted by atomic mass is 10.2. The molecule has 1 aromatic carbocycles. The Labute approximate surface area is 77.7 Å². The summed E-state index contributed by atoms with van der Waals surface area (Å²) in [7, 11) is 0. The number of benzene rings is 1. The highest BCUT2D eigenvalue weighted by atomic mass is 35.5. The summed E-state index contributed by atoms with van der Waals surface area (Å²) in [5.41, 5.74) is 0.538. The van der Waals surface area contributed by atoms with Crippen LogP contribution in [0.4, 0.5) is 4.39 Å². The number of rotatable bonds is 1. The van der Waals surface area contributed by atoms with Crippen molar-refractivity contribution >= 4 is 11.6 Å². The Hall–Kier alpha value is -1.49. The zero-order valence-corrected chi connectivity index (χ0v) is 7.09. The monoisotopic (exact) mass is 198 g/mol. The van der Waals surface area contributed by atoms with Gasteiger partial charge in [0.15, 0.2) is 0 Å². The summed E-state index contributed by atoms with van der Waals surface area (Å²) in [5, 5.41) is 13.1. The highest BCUT2D eigenvalue weighted by Crippen LogP contribution is 2.20. The van der Waals surface area contributed by atoms with Gasteiger partial charge in [0.25, 0.3) is 0 Å². The first-order valence-corrected chi connectivity index (χ1v) is 3.84. The van der Waals surface area contributed by atoms with Crippen molar-refractivity contribution in [3.8, 4) is 11.4 Å². The van der Waals surface area contributed by atoms with Crippen molar-refractivity contribution in [1.82, 2.24) is 20.6 Å². The average Bonchev–Trinajstić information content (AvgIpc) is 2.62. The molecule has 2 rings (SSSR count). The summed E-state index contributed by atoms with van der Waals surface area (Å²) in [4.78, 5) is 0. The molecule has 0 saturated heterocycles. The number of hydrogen-bond acceptors (Lipinski definition) is 3. The molecule has 0 atom stereocenters. The number of nitrogens with one attached hydrogen (secondary N) is 1. The van der Waals surface area contributed by atoms with Gasteiger partial charge in [-0.3, -0.25) is 0 Å². The van der Waals surface area contributed by atoms with Crippen molar-refractivity contribution < 1.29 is 4.39 Å². The maximum atomic E-state index is 13.0. The van der Waals surface area contributed by atoms with Crippen LogP contribution in [0.5, 0.6) is 0 Å². The standard InChI is InChI=1S/C7H4ClFN4/c8-5-2-1-4(3-6(5)9)7-10-12-13-11-7/h1-3H,(H,10,11,12,13). The van der Waals surface area contributed by atoms with E-state index in [0.29, 0.717) is 11.4 Å². The topological polar surface area (TPSA) is 54.5 Å². The molecule has 2 aromatic rings. The number of halogens is 2. The molecule has 13 heavy (non-hydrogen) atoms. The maximum Gasteiger partial charge on any atom is 0.204 e. The molecule has 0 radical (unpaired) electrons. The third kappa shape index (κ3) is 1.50. The lowest BCUT2D eigenvalue weighted by Crippen LogP contribution is -1.83. The lowest BCUT2D eigenvalue weighted by Gasteiger charge is -1.95. The number of hydrogen-bond donors (Lipinski definition) is 1. The molecule has 0 bridgehead atoms. The van der Waals surface area contributed by atoms with Crippen molar-refractivity contribution in [2.45, 2.75) is 0 Å². The van der Waals surface area contributed by atoms with Crippen molar-refractivity contribution in [1.29, 1.82) is 0 Å². The average molecular weight is 199 g/mol. The third-order valence-corrected chi connectivity index (χ3v) is 1.83. The number of nitrogens with zero attached hydrogens (tertiary/aromatic N) is 3. The first-order valence-electron chi connectivity index (χ1n) is 3.46. The van der Waals surface area contributed by atoms with Crippen LogP contribution in [0.15, 0.2) is 18.2 Å². The van der Waals surface area contributed by atoms with Gasteiger partial charge in [0.1, 0.15) is 5.82 Å². The van der Waals surface area contributed by atoms with Crippen LogP contribution in [0.2, 0.25) is 5.02 Å². The largest absolute Gasteiger partial charge is 0.205 e. The fraction of sp³-hybridized carbons (Fsp3) is 0. The molecule has 6 heteroatoms. The minimum atomic E-state index is -0.496. The Morgan fingerprint density at radius 3 is 2.85 bits per heavy atom. The van der Waals surface area contributed by atoms with Crippen LogP contribution in [0.25, 0.3) is 11.4 Å². The number of tetrazole rings is 1. The molecule has 0 unspecified atom stereocenters.